The zero-order valence-corrected chi connectivity index (χ0v) is 26.8. The van der Waals surface area contributed by atoms with Gasteiger partial charge in [-0.25, -0.2) is 18.7 Å². The topological polar surface area (TPSA) is 117 Å². The quantitative estimate of drug-likeness (QED) is 0.172. The molecule has 6 rings (SSSR count). The summed E-state index contributed by atoms with van der Waals surface area (Å²) >= 11 is 0. The summed E-state index contributed by atoms with van der Waals surface area (Å²) in [5, 5.41) is 13.6. The lowest BCUT2D eigenvalue weighted by Gasteiger charge is -2.37. The normalized spacial score (nSPS) is 19.5. The highest BCUT2D eigenvalue weighted by Gasteiger charge is 2.48. The number of anilines is 1. The third kappa shape index (κ3) is 5.98. The molecular formula is C36H36F2N4O6. The number of fused-ring (bicyclic) bond motifs is 1. The highest BCUT2D eigenvalue weighted by atomic mass is 19.1. The van der Waals surface area contributed by atoms with E-state index in [1.54, 1.807) is 28.1 Å². The van der Waals surface area contributed by atoms with Crippen LogP contribution in [0.4, 0.5) is 14.6 Å². The Balaban J connectivity index is 1.36. The van der Waals surface area contributed by atoms with Crippen molar-refractivity contribution in [2.24, 2.45) is 5.92 Å². The average molecular weight is 659 g/mol. The lowest BCUT2D eigenvalue weighted by molar-refractivity contribution is -0.118. The summed E-state index contributed by atoms with van der Waals surface area (Å²) in [6, 6.07) is 24.2. The van der Waals surface area contributed by atoms with Crippen LogP contribution in [0, 0.1) is 11.7 Å². The summed E-state index contributed by atoms with van der Waals surface area (Å²) in [6.45, 7) is 3.09. The number of rotatable bonds is 11. The second-order valence-corrected chi connectivity index (χ2v) is 11.8. The van der Waals surface area contributed by atoms with Crippen molar-refractivity contribution >= 4 is 22.8 Å². The fraction of sp³-hybridized carbons (Fsp3) is 0.306. The summed E-state index contributed by atoms with van der Waals surface area (Å²) in [5.74, 6) is -0.260. The third-order valence-corrected chi connectivity index (χ3v) is 8.53. The van der Waals surface area contributed by atoms with Crippen molar-refractivity contribution in [1.29, 1.82) is 0 Å². The predicted molar refractivity (Wildman–Crippen MR) is 174 cm³/mol. The number of nitrogens with one attached hydrogen (secondary N) is 1. The van der Waals surface area contributed by atoms with Crippen molar-refractivity contribution in [3.63, 3.8) is 0 Å². The van der Waals surface area contributed by atoms with Crippen molar-refractivity contribution in [2.45, 2.75) is 44.1 Å². The van der Waals surface area contributed by atoms with Crippen LogP contribution in [0.2, 0.25) is 0 Å². The zero-order valence-electron chi connectivity index (χ0n) is 26.8. The molecule has 5 aromatic rings. The number of amides is 1. The monoisotopic (exact) mass is 658 g/mol. The Morgan fingerprint density at radius 1 is 0.958 bits per heavy atom. The van der Waals surface area contributed by atoms with Gasteiger partial charge in [-0.05, 0) is 41.0 Å². The van der Waals surface area contributed by atoms with Crippen LogP contribution in [-0.4, -0.2) is 64.8 Å². The minimum absolute atomic E-state index is 0.0227. The van der Waals surface area contributed by atoms with Gasteiger partial charge in [0, 0.05) is 12.1 Å². The number of alkyl halides is 1. The zero-order chi connectivity index (χ0) is 34.0. The van der Waals surface area contributed by atoms with E-state index in [1.165, 1.54) is 4.57 Å². The minimum atomic E-state index is -1.90. The number of aliphatic hydroxyl groups is 1. The first-order valence-electron chi connectivity index (χ1n) is 15.5. The summed E-state index contributed by atoms with van der Waals surface area (Å²) in [7, 11) is 3.16. The number of methoxy groups -OCH3 is 2. The Kier molecular flexibility index (Phi) is 9.40. The molecule has 4 atom stereocenters. The van der Waals surface area contributed by atoms with Gasteiger partial charge in [-0.2, -0.15) is 0 Å². The fourth-order valence-electron chi connectivity index (χ4n) is 5.94. The standard InChI is InChI=1S/C36H36F2N4O6/c1-21(2)34(44)41-32-29-27(37)18-42(33(29)40-20-39-32)35-31(43)30(38)28(48-35)19-47-36(22-8-6-5-7-9-22,23-10-14-25(45-3)15-11-23)24-12-16-26(46-4)17-13-24/h5-18,20-21,28,30-31,35,43H,19H2,1-4H3,(H,39,40,41,44)/t28-,30?,31-,35-/m1/s1. The van der Waals surface area contributed by atoms with Crippen molar-refractivity contribution in [3.8, 4) is 11.5 Å². The van der Waals surface area contributed by atoms with E-state index in [0.717, 1.165) is 29.2 Å². The highest BCUT2D eigenvalue weighted by molar-refractivity contribution is 5.99. The fourth-order valence-corrected chi connectivity index (χ4v) is 5.94. The summed E-state index contributed by atoms with van der Waals surface area (Å²) in [6.07, 6.45) is -4.00. The molecule has 3 heterocycles. The molecule has 12 heteroatoms. The van der Waals surface area contributed by atoms with Crippen molar-refractivity contribution in [2.75, 3.05) is 26.1 Å². The first-order valence-corrected chi connectivity index (χ1v) is 15.5. The highest BCUT2D eigenvalue weighted by Crippen LogP contribution is 2.43. The van der Waals surface area contributed by atoms with E-state index in [2.05, 4.69) is 15.3 Å². The molecular weight excluding hydrogens is 622 g/mol. The van der Waals surface area contributed by atoms with E-state index < -0.39 is 36.0 Å². The molecule has 1 fully saturated rings. The average Bonchev–Trinajstić information content (AvgIpc) is 3.60. The third-order valence-electron chi connectivity index (χ3n) is 8.53. The maximum absolute atomic E-state index is 16.0. The maximum atomic E-state index is 16.0. The first-order chi connectivity index (χ1) is 23.2. The number of hydrogen-bond acceptors (Lipinski definition) is 8. The van der Waals surface area contributed by atoms with E-state index in [-0.39, 0.29) is 35.3 Å². The van der Waals surface area contributed by atoms with Crippen LogP contribution in [0.5, 0.6) is 11.5 Å². The number of benzene rings is 3. The lowest BCUT2D eigenvalue weighted by Crippen LogP contribution is -2.38. The van der Waals surface area contributed by atoms with Crippen molar-refractivity contribution < 1.29 is 37.6 Å². The van der Waals surface area contributed by atoms with Crippen LogP contribution in [-0.2, 0) is 19.9 Å². The molecule has 1 saturated heterocycles. The van der Waals surface area contributed by atoms with E-state index in [9.17, 15) is 9.90 Å². The summed E-state index contributed by atoms with van der Waals surface area (Å²) in [5.41, 5.74) is 0.994. The molecule has 0 bridgehead atoms. The molecule has 48 heavy (non-hydrogen) atoms. The molecule has 3 aromatic carbocycles. The predicted octanol–water partition coefficient (Wildman–Crippen LogP) is 5.79. The van der Waals surface area contributed by atoms with Gasteiger partial charge in [0.25, 0.3) is 0 Å². The van der Waals surface area contributed by atoms with Crippen LogP contribution >= 0.6 is 0 Å². The van der Waals surface area contributed by atoms with Gasteiger partial charge in [-0.3, -0.25) is 4.79 Å². The second-order valence-electron chi connectivity index (χ2n) is 11.8. The number of ether oxygens (including phenoxy) is 4. The SMILES string of the molecule is COc1ccc(C(OC[C@H]2O[C@@H](n3cc(F)c4c(NC(=O)C(C)C)ncnc43)[C@H](O)C2F)(c2ccccc2)c2ccc(OC)cc2)cc1. The van der Waals surface area contributed by atoms with Crippen molar-refractivity contribution in [1.82, 2.24) is 14.5 Å². The Morgan fingerprint density at radius 2 is 1.54 bits per heavy atom. The van der Waals surface area contributed by atoms with Gasteiger partial charge in [0.05, 0.1) is 26.2 Å². The number of carbonyl (C=O) groups is 1. The van der Waals surface area contributed by atoms with Crippen LogP contribution in [0.15, 0.2) is 91.4 Å². The second kappa shape index (κ2) is 13.7. The molecule has 1 unspecified atom stereocenters. The Hall–Kier alpha value is -4.91. The minimum Gasteiger partial charge on any atom is -0.497 e. The number of hydrogen-bond donors (Lipinski definition) is 2. The van der Waals surface area contributed by atoms with Gasteiger partial charge in [0.1, 0.15) is 41.5 Å². The maximum Gasteiger partial charge on any atom is 0.228 e. The molecule has 0 spiro atoms. The molecule has 250 valence electrons. The van der Waals surface area contributed by atoms with Gasteiger partial charge in [-0.1, -0.05) is 68.4 Å². The van der Waals surface area contributed by atoms with E-state index >= 15 is 8.78 Å². The van der Waals surface area contributed by atoms with Gasteiger partial charge in [-0.15, -0.1) is 0 Å². The number of aliphatic hydroxyl groups excluding tert-OH is 1. The number of aromatic nitrogens is 3. The van der Waals surface area contributed by atoms with Crippen molar-refractivity contribution in [3.05, 3.63) is 114 Å². The lowest BCUT2D eigenvalue weighted by atomic mass is 9.80. The molecule has 1 aliphatic rings. The molecule has 0 radical (unpaired) electrons. The number of carbonyl (C=O) groups excluding carboxylic acids is 1. The summed E-state index contributed by atoms with van der Waals surface area (Å²) < 4.78 is 56.2. The van der Waals surface area contributed by atoms with Gasteiger partial charge < -0.3 is 33.9 Å². The Bertz CT molecular complexity index is 1820. The molecule has 2 aromatic heterocycles. The van der Waals surface area contributed by atoms with Crippen LogP contribution < -0.4 is 14.8 Å². The molecule has 0 saturated carbocycles. The molecule has 1 amide bonds. The smallest absolute Gasteiger partial charge is 0.228 e. The van der Waals surface area contributed by atoms with Gasteiger partial charge in [0.2, 0.25) is 5.91 Å². The first kappa shape index (κ1) is 33.0. The largest absolute Gasteiger partial charge is 0.497 e. The number of halogens is 2. The molecule has 2 N–H and O–H groups in total. The van der Waals surface area contributed by atoms with Crippen LogP contribution in [0.25, 0.3) is 11.0 Å². The molecule has 10 nitrogen and oxygen atoms in total. The van der Waals surface area contributed by atoms with Gasteiger partial charge >= 0.3 is 0 Å². The van der Waals surface area contributed by atoms with E-state index in [4.69, 9.17) is 18.9 Å². The molecule has 1 aliphatic heterocycles. The number of nitrogens with zero attached hydrogens (tertiary/aromatic N) is 3. The van der Waals surface area contributed by atoms with Gasteiger partial charge in [0.15, 0.2) is 23.9 Å². The molecule has 0 aliphatic carbocycles. The summed E-state index contributed by atoms with van der Waals surface area (Å²) in [4.78, 5) is 20.6. The Morgan fingerprint density at radius 3 is 2.10 bits per heavy atom. The van der Waals surface area contributed by atoms with Crippen LogP contribution in [0.1, 0.15) is 36.8 Å². The van der Waals surface area contributed by atoms with E-state index in [0.29, 0.717) is 11.5 Å². The van der Waals surface area contributed by atoms with Crippen LogP contribution in [0.3, 0.4) is 0 Å². The Labute approximate surface area is 276 Å². The van der Waals surface area contributed by atoms with E-state index in [1.807, 2.05) is 78.9 Å².